The van der Waals surface area contributed by atoms with Crippen LogP contribution >= 0.6 is 0 Å². The highest BCUT2D eigenvalue weighted by Gasteiger charge is 2.44. The van der Waals surface area contributed by atoms with Crippen molar-refractivity contribution in [2.24, 2.45) is 0 Å². The van der Waals surface area contributed by atoms with E-state index < -0.39 is 18.1 Å². The summed E-state index contributed by atoms with van der Waals surface area (Å²) in [6.45, 7) is 1.35. The predicted molar refractivity (Wildman–Crippen MR) is 78.4 cm³/mol. The van der Waals surface area contributed by atoms with Gasteiger partial charge >= 0.3 is 6.18 Å². The van der Waals surface area contributed by atoms with Crippen LogP contribution in [0, 0.1) is 0 Å². The van der Waals surface area contributed by atoms with E-state index in [0.717, 1.165) is 11.2 Å². The second-order valence-electron chi connectivity index (χ2n) is 6.09. The van der Waals surface area contributed by atoms with Crippen LogP contribution < -0.4 is 10.6 Å². The molecule has 1 unspecified atom stereocenters. The van der Waals surface area contributed by atoms with E-state index in [1.165, 1.54) is 19.0 Å². The summed E-state index contributed by atoms with van der Waals surface area (Å²) in [6.07, 6.45) is -0.893. The topological polar surface area (TPSA) is 62.2 Å². The summed E-state index contributed by atoms with van der Waals surface area (Å²) < 4.78 is 39.9. The van der Waals surface area contributed by atoms with Crippen molar-refractivity contribution >= 4 is 11.7 Å². The molecule has 1 aliphatic carbocycles. The fourth-order valence-corrected chi connectivity index (χ4v) is 2.83. The minimum atomic E-state index is -4.37. The van der Waals surface area contributed by atoms with Gasteiger partial charge in [0.25, 0.3) is 5.91 Å². The Kier molecular flexibility index (Phi) is 4.22. The Hall–Kier alpha value is -1.77. The molecule has 2 aliphatic rings. The minimum absolute atomic E-state index is 0.0918. The van der Waals surface area contributed by atoms with E-state index in [0.29, 0.717) is 12.6 Å². The van der Waals surface area contributed by atoms with Crippen molar-refractivity contribution in [3.05, 3.63) is 11.8 Å². The van der Waals surface area contributed by atoms with Gasteiger partial charge < -0.3 is 15.5 Å². The zero-order chi connectivity index (χ0) is 16.6. The van der Waals surface area contributed by atoms with Gasteiger partial charge in [-0.05, 0) is 26.3 Å². The summed E-state index contributed by atoms with van der Waals surface area (Å²) >= 11 is 0. The fraction of sp³-hybridized carbons (Fsp3) is 0.714. The van der Waals surface area contributed by atoms with E-state index in [-0.39, 0.29) is 24.3 Å². The highest BCUT2D eigenvalue weighted by molar-refractivity contribution is 5.98. The average molecular weight is 331 g/mol. The molecule has 6 nitrogen and oxygen atoms in total. The number of anilines is 1. The smallest absolute Gasteiger partial charge is 0.370 e. The monoisotopic (exact) mass is 331 g/mol. The molecule has 0 saturated heterocycles. The number of likely N-dealkylation sites (N-methyl/N-ethyl adjacent to an activating group) is 1. The van der Waals surface area contributed by atoms with E-state index >= 15 is 0 Å². The number of carbonyl (C=O) groups excluding carboxylic acids is 1. The molecule has 1 saturated carbocycles. The van der Waals surface area contributed by atoms with Crippen molar-refractivity contribution in [1.82, 2.24) is 20.0 Å². The lowest BCUT2D eigenvalue weighted by molar-refractivity contribution is -0.171. The molecule has 1 amide bonds. The van der Waals surface area contributed by atoms with E-state index in [4.69, 9.17) is 0 Å². The molecule has 1 atom stereocenters. The Balaban J connectivity index is 1.64. The van der Waals surface area contributed by atoms with Crippen molar-refractivity contribution in [1.29, 1.82) is 0 Å². The number of aromatic nitrogens is 2. The number of hydrogen-bond donors (Lipinski definition) is 2. The quantitative estimate of drug-likeness (QED) is 0.861. The number of fused-ring (bicyclic) bond motifs is 1. The standard InChI is InChI=1S/C14H20F3N5O/c1-21(9-2-3-9)7-6-19-13(23)10-8-20-22-11(14(15,16)17)4-5-18-12(10)22/h8-9,11,18H,2-7H2,1H3,(H,19,23). The lowest BCUT2D eigenvalue weighted by atomic mass is 10.1. The molecular formula is C14H20F3N5O. The van der Waals surface area contributed by atoms with Crippen molar-refractivity contribution in [2.45, 2.75) is 37.5 Å². The van der Waals surface area contributed by atoms with Crippen LogP contribution in [-0.4, -0.2) is 59.5 Å². The maximum atomic E-state index is 13.0. The zero-order valence-electron chi connectivity index (χ0n) is 12.9. The average Bonchev–Trinajstić information content (AvgIpc) is 3.24. The molecule has 2 N–H and O–H groups in total. The summed E-state index contributed by atoms with van der Waals surface area (Å²) in [5.74, 6) is -0.252. The normalized spacial score (nSPS) is 21.0. The van der Waals surface area contributed by atoms with Crippen LogP contribution in [0.25, 0.3) is 0 Å². The second kappa shape index (κ2) is 6.03. The highest BCUT2D eigenvalue weighted by Crippen LogP contribution is 2.38. The van der Waals surface area contributed by atoms with Gasteiger partial charge in [-0.3, -0.25) is 4.79 Å². The molecule has 1 aliphatic heterocycles. The van der Waals surface area contributed by atoms with Gasteiger partial charge in [0.1, 0.15) is 11.4 Å². The maximum absolute atomic E-state index is 13.0. The number of halogens is 3. The number of alkyl halides is 3. The number of nitrogens with zero attached hydrogens (tertiary/aromatic N) is 3. The van der Waals surface area contributed by atoms with Gasteiger partial charge in [-0.25, -0.2) is 4.68 Å². The number of hydrogen-bond acceptors (Lipinski definition) is 4. The molecule has 0 aromatic carbocycles. The molecule has 3 rings (SSSR count). The van der Waals surface area contributed by atoms with Crippen LogP contribution in [0.3, 0.4) is 0 Å². The Morgan fingerprint density at radius 1 is 1.48 bits per heavy atom. The molecule has 2 heterocycles. The summed E-state index contributed by atoms with van der Waals surface area (Å²) in [6, 6.07) is -1.08. The minimum Gasteiger partial charge on any atom is -0.370 e. The van der Waals surface area contributed by atoms with E-state index in [1.807, 2.05) is 7.05 Å². The van der Waals surface area contributed by atoms with Crippen molar-refractivity contribution in [3.63, 3.8) is 0 Å². The molecule has 1 fully saturated rings. The SMILES string of the molecule is CN(CCNC(=O)c1cnn2c1NCCC2C(F)(F)F)C1CC1. The molecule has 0 spiro atoms. The lowest BCUT2D eigenvalue weighted by Crippen LogP contribution is -2.36. The van der Waals surface area contributed by atoms with Crippen molar-refractivity contribution in [2.75, 3.05) is 32.0 Å². The van der Waals surface area contributed by atoms with Crippen LogP contribution in [0.2, 0.25) is 0 Å². The third-order valence-corrected chi connectivity index (χ3v) is 4.34. The van der Waals surface area contributed by atoms with Crippen LogP contribution in [0.15, 0.2) is 6.20 Å². The van der Waals surface area contributed by atoms with Crippen molar-refractivity contribution < 1.29 is 18.0 Å². The van der Waals surface area contributed by atoms with Crippen LogP contribution in [0.4, 0.5) is 19.0 Å². The molecule has 0 radical (unpaired) electrons. The Labute approximate surface area is 132 Å². The first-order valence-electron chi connectivity index (χ1n) is 7.74. The summed E-state index contributed by atoms with van der Waals surface area (Å²) in [4.78, 5) is 14.4. The lowest BCUT2D eigenvalue weighted by Gasteiger charge is -2.27. The largest absolute Gasteiger partial charge is 0.410 e. The summed E-state index contributed by atoms with van der Waals surface area (Å²) in [5.41, 5.74) is 0.160. The van der Waals surface area contributed by atoms with Gasteiger partial charge in [0.2, 0.25) is 0 Å². The number of rotatable bonds is 5. The molecular weight excluding hydrogens is 311 g/mol. The molecule has 1 aromatic rings. The Bertz CT molecular complexity index is 581. The number of nitrogens with one attached hydrogen (secondary N) is 2. The number of carbonyl (C=O) groups is 1. The van der Waals surface area contributed by atoms with E-state index in [9.17, 15) is 18.0 Å². The first kappa shape index (κ1) is 16.1. The van der Waals surface area contributed by atoms with Gasteiger partial charge in [0.15, 0.2) is 6.04 Å². The Morgan fingerprint density at radius 2 is 2.22 bits per heavy atom. The third-order valence-electron chi connectivity index (χ3n) is 4.34. The van der Waals surface area contributed by atoms with Gasteiger partial charge in [0, 0.05) is 25.7 Å². The summed E-state index contributed by atoms with van der Waals surface area (Å²) in [7, 11) is 2.00. The first-order valence-corrected chi connectivity index (χ1v) is 7.74. The fourth-order valence-electron chi connectivity index (χ4n) is 2.83. The first-order chi connectivity index (χ1) is 10.9. The van der Waals surface area contributed by atoms with Gasteiger partial charge in [-0.1, -0.05) is 0 Å². The summed E-state index contributed by atoms with van der Waals surface area (Å²) in [5, 5.41) is 9.37. The number of amides is 1. The van der Waals surface area contributed by atoms with Crippen LogP contribution in [-0.2, 0) is 0 Å². The van der Waals surface area contributed by atoms with Gasteiger partial charge in [-0.2, -0.15) is 18.3 Å². The van der Waals surface area contributed by atoms with E-state index in [2.05, 4.69) is 20.6 Å². The van der Waals surface area contributed by atoms with E-state index in [1.54, 1.807) is 0 Å². The maximum Gasteiger partial charge on any atom is 0.410 e. The third kappa shape index (κ3) is 3.44. The van der Waals surface area contributed by atoms with Crippen molar-refractivity contribution in [3.8, 4) is 0 Å². The molecule has 23 heavy (non-hydrogen) atoms. The predicted octanol–water partition coefficient (Wildman–Crippen LogP) is 1.63. The molecule has 128 valence electrons. The van der Waals surface area contributed by atoms with Gasteiger partial charge in [0.05, 0.1) is 6.20 Å². The zero-order valence-corrected chi connectivity index (χ0v) is 12.9. The van der Waals surface area contributed by atoms with Gasteiger partial charge in [-0.15, -0.1) is 0 Å². The molecule has 0 bridgehead atoms. The molecule has 9 heteroatoms. The highest BCUT2D eigenvalue weighted by atomic mass is 19.4. The Morgan fingerprint density at radius 3 is 2.87 bits per heavy atom. The second-order valence-corrected chi connectivity index (χ2v) is 6.09. The van der Waals surface area contributed by atoms with Crippen LogP contribution in [0.1, 0.15) is 35.7 Å². The van der Waals surface area contributed by atoms with Crippen LogP contribution in [0.5, 0.6) is 0 Å². The molecule has 1 aromatic heterocycles.